The van der Waals surface area contributed by atoms with Gasteiger partial charge in [-0.3, -0.25) is 4.79 Å². The molecule has 3 heterocycles. The van der Waals surface area contributed by atoms with Crippen molar-refractivity contribution in [2.75, 3.05) is 43.0 Å². The molecule has 0 spiro atoms. The number of rotatable bonds is 6. The molecule has 7 heteroatoms. The zero-order valence-electron chi connectivity index (χ0n) is 19.2. The maximum Gasteiger partial charge on any atom is 0.262 e. The van der Waals surface area contributed by atoms with Gasteiger partial charge >= 0.3 is 0 Å². The average Bonchev–Trinajstić information content (AvgIpc) is 3.39. The third-order valence-electron chi connectivity index (χ3n) is 6.65. The van der Waals surface area contributed by atoms with Crippen molar-refractivity contribution >= 4 is 28.4 Å². The lowest BCUT2D eigenvalue weighted by Gasteiger charge is -2.36. The van der Waals surface area contributed by atoms with E-state index in [1.807, 2.05) is 55.6 Å². The summed E-state index contributed by atoms with van der Waals surface area (Å²) in [5.41, 5.74) is 2.75. The van der Waals surface area contributed by atoms with Crippen LogP contribution in [0.4, 0.5) is 11.6 Å². The topological polar surface area (TPSA) is 70.6 Å². The van der Waals surface area contributed by atoms with E-state index in [4.69, 9.17) is 9.72 Å². The van der Waals surface area contributed by atoms with Gasteiger partial charge in [-0.2, -0.15) is 0 Å². The van der Waals surface area contributed by atoms with Crippen LogP contribution in [0.1, 0.15) is 31.2 Å². The first kappa shape index (κ1) is 21.6. The largest absolute Gasteiger partial charge is 0.484 e. The molecule has 0 radical (unpaired) electrons. The van der Waals surface area contributed by atoms with Crippen LogP contribution in [0, 0.1) is 6.92 Å². The third kappa shape index (κ3) is 5.25. The minimum Gasteiger partial charge on any atom is -0.484 e. The summed E-state index contributed by atoms with van der Waals surface area (Å²) in [6, 6.07) is 14.1. The Hall–Kier alpha value is -3.19. The average molecular weight is 446 g/mol. The Morgan fingerprint density at radius 1 is 1.06 bits per heavy atom. The fourth-order valence-corrected chi connectivity index (χ4v) is 4.77. The van der Waals surface area contributed by atoms with E-state index in [2.05, 4.69) is 20.1 Å². The van der Waals surface area contributed by atoms with Crippen LogP contribution >= 0.6 is 0 Å². The SMILES string of the molecule is Cc1ccc(OCC(=O)Nc2ccc3nc(N4CCC(N5CCCC5)CC4)ncc3c2)cc1. The van der Waals surface area contributed by atoms with Crippen LogP contribution in [0.25, 0.3) is 10.9 Å². The van der Waals surface area contributed by atoms with Crippen molar-refractivity contribution in [2.45, 2.75) is 38.6 Å². The zero-order chi connectivity index (χ0) is 22.6. The number of fused-ring (bicyclic) bond motifs is 1. The highest BCUT2D eigenvalue weighted by Crippen LogP contribution is 2.25. The molecule has 2 aromatic carbocycles. The number of aromatic nitrogens is 2. The fraction of sp³-hybridized carbons (Fsp3) is 0.423. The number of hydrogen-bond acceptors (Lipinski definition) is 6. The summed E-state index contributed by atoms with van der Waals surface area (Å²) in [5, 5.41) is 3.80. The number of carbonyl (C=O) groups is 1. The highest BCUT2D eigenvalue weighted by atomic mass is 16.5. The zero-order valence-corrected chi connectivity index (χ0v) is 19.2. The van der Waals surface area contributed by atoms with E-state index in [0.717, 1.165) is 35.5 Å². The second kappa shape index (κ2) is 9.75. The minimum atomic E-state index is -0.201. The normalized spacial score (nSPS) is 17.4. The Kier molecular flexibility index (Phi) is 6.39. The number of nitrogens with one attached hydrogen (secondary N) is 1. The van der Waals surface area contributed by atoms with Crippen molar-refractivity contribution in [3.63, 3.8) is 0 Å². The number of benzene rings is 2. The van der Waals surface area contributed by atoms with E-state index in [0.29, 0.717) is 17.5 Å². The third-order valence-corrected chi connectivity index (χ3v) is 6.65. The first-order valence-electron chi connectivity index (χ1n) is 11.9. The Morgan fingerprint density at radius 3 is 2.58 bits per heavy atom. The summed E-state index contributed by atoms with van der Waals surface area (Å²) >= 11 is 0. The van der Waals surface area contributed by atoms with Gasteiger partial charge in [0.2, 0.25) is 5.95 Å². The number of amides is 1. The van der Waals surface area contributed by atoms with Gasteiger partial charge in [0.25, 0.3) is 5.91 Å². The Morgan fingerprint density at radius 2 is 1.82 bits per heavy atom. The van der Waals surface area contributed by atoms with Gasteiger partial charge in [-0.25, -0.2) is 9.97 Å². The lowest BCUT2D eigenvalue weighted by atomic mass is 10.0. The number of anilines is 2. The molecule has 0 atom stereocenters. The van der Waals surface area contributed by atoms with Gasteiger partial charge in [0.1, 0.15) is 5.75 Å². The lowest BCUT2D eigenvalue weighted by molar-refractivity contribution is -0.118. The van der Waals surface area contributed by atoms with Crippen molar-refractivity contribution in [1.82, 2.24) is 14.9 Å². The van der Waals surface area contributed by atoms with E-state index in [1.54, 1.807) is 0 Å². The standard InChI is InChI=1S/C26H31N5O2/c1-19-4-7-23(8-5-19)33-18-25(32)28-21-6-9-24-20(16-21)17-27-26(29-24)31-14-10-22(11-15-31)30-12-2-3-13-30/h4-9,16-17,22H,2-3,10-15,18H2,1H3,(H,28,32). The van der Waals surface area contributed by atoms with Gasteiger partial charge < -0.3 is 19.9 Å². The van der Waals surface area contributed by atoms with E-state index < -0.39 is 0 Å². The molecule has 2 aliphatic heterocycles. The Balaban J connectivity index is 1.17. The maximum absolute atomic E-state index is 12.3. The van der Waals surface area contributed by atoms with Crippen LogP contribution in [-0.2, 0) is 4.79 Å². The molecule has 7 nitrogen and oxygen atoms in total. The maximum atomic E-state index is 12.3. The van der Waals surface area contributed by atoms with E-state index in [1.165, 1.54) is 38.8 Å². The van der Waals surface area contributed by atoms with Gasteiger partial charge in [-0.05, 0) is 76.0 Å². The summed E-state index contributed by atoms with van der Waals surface area (Å²) in [4.78, 5) is 26.7. The molecule has 1 aromatic heterocycles. The molecule has 172 valence electrons. The smallest absolute Gasteiger partial charge is 0.262 e. The van der Waals surface area contributed by atoms with Crippen molar-refractivity contribution in [3.8, 4) is 5.75 Å². The first-order chi connectivity index (χ1) is 16.1. The molecule has 1 amide bonds. The van der Waals surface area contributed by atoms with Crippen LogP contribution in [0.3, 0.4) is 0 Å². The second-order valence-electron chi connectivity index (χ2n) is 9.05. The van der Waals surface area contributed by atoms with Crippen LogP contribution in [0.2, 0.25) is 0 Å². The number of likely N-dealkylation sites (tertiary alicyclic amines) is 1. The minimum absolute atomic E-state index is 0.0378. The van der Waals surface area contributed by atoms with Crippen molar-refractivity contribution in [3.05, 3.63) is 54.2 Å². The number of ether oxygens (including phenoxy) is 1. The van der Waals surface area contributed by atoms with E-state index in [9.17, 15) is 4.79 Å². The Labute approximate surface area is 194 Å². The monoisotopic (exact) mass is 445 g/mol. The van der Waals surface area contributed by atoms with Gasteiger partial charge in [0.15, 0.2) is 6.61 Å². The van der Waals surface area contributed by atoms with Gasteiger partial charge in [0, 0.05) is 36.4 Å². The molecule has 33 heavy (non-hydrogen) atoms. The van der Waals surface area contributed by atoms with Crippen molar-refractivity contribution in [1.29, 1.82) is 0 Å². The highest BCUT2D eigenvalue weighted by Gasteiger charge is 2.27. The van der Waals surface area contributed by atoms with E-state index >= 15 is 0 Å². The number of piperidine rings is 1. The van der Waals surface area contributed by atoms with Gasteiger partial charge in [0.05, 0.1) is 5.52 Å². The number of nitrogens with zero attached hydrogens (tertiary/aromatic N) is 4. The molecule has 1 N–H and O–H groups in total. The summed E-state index contributed by atoms with van der Waals surface area (Å²) in [7, 11) is 0. The van der Waals surface area contributed by atoms with Crippen molar-refractivity contribution in [2.24, 2.45) is 0 Å². The van der Waals surface area contributed by atoms with Crippen LogP contribution in [-0.4, -0.2) is 59.6 Å². The van der Waals surface area contributed by atoms with Gasteiger partial charge in [-0.15, -0.1) is 0 Å². The molecule has 0 unspecified atom stereocenters. The highest BCUT2D eigenvalue weighted by molar-refractivity contribution is 5.94. The molecule has 2 saturated heterocycles. The summed E-state index contributed by atoms with van der Waals surface area (Å²) in [6.07, 6.45) is 6.89. The first-order valence-corrected chi connectivity index (χ1v) is 11.9. The molecule has 0 aliphatic carbocycles. The molecule has 3 aromatic rings. The van der Waals surface area contributed by atoms with E-state index in [-0.39, 0.29) is 12.5 Å². The number of carbonyl (C=O) groups excluding carboxylic acids is 1. The Bertz CT molecular complexity index is 1100. The molecule has 2 fully saturated rings. The van der Waals surface area contributed by atoms with Crippen LogP contribution < -0.4 is 15.0 Å². The van der Waals surface area contributed by atoms with Crippen LogP contribution in [0.5, 0.6) is 5.75 Å². The lowest BCUT2D eigenvalue weighted by Crippen LogP contribution is -2.44. The molecule has 2 aliphatic rings. The van der Waals surface area contributed by atoms with Crippen LogP contribution in [0.15, 0.2) is 48.7 Å². The molecule has 0 saturated carbocycles. The molecule has 0 bridgehead atoms. The molecule has 5 rings (SSSR count). The summed E-state index contributed by atoms with van der Waals surface area (Å²) in [5.74, 6) is 1.28. The predicted octanol–water partition coefficient (Wildman–Crippen LogP) is 4.02. The number of hydrogen-bond donors (Lipinski definition) is 1. The fourth-order valence-electron chi connectivity index (χ4n) is 4.77. The summed E-state index contributed by atoms with van der Waals surface area (Å²) < 4.78 is 5.56. The quantitative estimate of drug-likeness (QED) is 0.618. The molecular weight excluding hydrogens is 414 g/mol. The van der Waals surface area contributed by atoms with Crippen molar-refractivity contribution < 1.29 is 9.53 Å². The predicted molar refractivity (Wildman–Crippen MR) is 131 cm³/mol. The summed E-state index contributed by atoms with van der Waals surface area (Å²) in [6.45, 7) is 6.50. The molecular formula is C26H31N5O2. The second-order valence-corrected chi connectivity index (χ2v) is 9.05. The number of aryl methyl sites for hydroxylation is 1. The van der Waals surface area contributed by atoms with Gasteiger partial charge in [-0.1, -0.05) is 17.7 Å².